The van der Waals surface area contributed by atoms with Crippen molar-refractivity contribution in [3.63, 3.8) is 0 Å². The van der Waals surface area contributed by atoms with Gasteiger partial charge in [-0.2, -0.15) is 9.97 Å². The van der Waals surface area contributed by atoms with Crippen LogP contribution in [-0.2, 0) is 0 Å². The van der Waals surface area contributed by atoms with E-state index in [0.717, 1.165) is 43.7 Å². The number of aromatic amines is 1. The number of anilines is 1. The molecule has 2 N–H and O–H groups in total. The number of imidazole rings is 1. The second-order valence-corrected chi connectivity index (χ2v) is 5.22. The molecule has 2 aromatic rings. The van der Waals surface area contributed by atoms with Crippen LogP contribution in [0.1, 0.15) is 19.3 Å². The number of piperidine rings is 1. The lowest BCUT2D eigenvalue weighted by molar-refractivity contribution is 0.244. The number of aliphatic hydroxyl groups is 1. The van der Waals surface area contributed by atoms with E-state index >= 15 is 0 Å². The SMILES string of the molecule is OCCC1CCCN(c2nc(Cl)nc3nc[nH]c23)C1. The second kappa shape index (κ2) is 5.30. The average molecular weight is 282 g/mol. The van der Waals surface area contributed by atoms with Gasteiger partial charge in [-0.25, -0.2) is 4.98 Å². The number of H-pyrrole nitrogens is 1. The van der Waals surface area contributed by atoms with Gasteiger partial charge in [0.05, 0.1) is 6.33 Å². The summed E-state index contributed by atoms with van der Waals surface area (Å²) in [4.78, 5) is 17.8. The van der Waals surface area contributed by atoms with Crippen LogP contribution < -0.4 is 4.90 Å². The summed E-state index contributed by atoms with van der Waals surface area (Å²) in [5.74, 6) is 1.32. The lowest BCUT2D eigenvalue weighted by Gasteiger charge is -2.33. The van der Waals surface area contributed by atoms with E-state index in [1.54, 1.807) is 6.33 Å². The molecule has 0 saturated carbocycles. The third kappa shape index (κ3) is 2.50. The predicted octanol–water partition coefficient (Wildman–Crippen LogP) is 1.61. The van der Waals surface area contributed by atoms with Gasteiger partial charge < -0.3 is 15.0 Å². The topological polar surface area (TPSA) is 77.9 Å². The Morgan fingerprint density at radius 3 is 3.21 bits per heavy atom. The molecule has 6 nitrogen and oxygen atoms in total. The highest BCUT2D eigenvalue weighted by Gasteiger charge is 2.23. The quantitative estimate of drug-likeness (QED) is 0.836. The van der Waals surface area contributed by atoms with Gasteiger partial charge in [-0.3, -0.25) is 0 Å². The van der Waals surface area contributed by atoms with Crippen molar-refractivity contribution in [2.75, 3.05) is 24.6 Å². The fourth-order valence-electron chi connectivity index (χ4n) is 2.70. The van der Waals surface area contributed by atoms with Crippen molar-refractivity contribution in [3.8, 4) is 0 Å². The molecule has 1 fully saturated rings. The van der Waals surface area contributed by atoms with Crippen LogP contribution in [0.4, 0.5) is 5.82 Å². The molecule has 1 atom stereocenters. The molecule has 0 amide bonds. The minimum atomic E-state index is 0.221. The Labute approximate surface area is 115 Å². The number of aliphatic hydroxyl groups excluding tert-OH is 1. The summed E-state index contributed by atoms with van der Waals surface area (Å²) in [6.45, 7) is 2.08. The summed E-state index contributed by atoms with van der Waals surface area (Å²) in [5.41, 5.74) is 1.42. The van der Waals surface area contributed by atoms with Gasteiger partial charge >= 0.3 is 0 Å². The molecule has 102 valence electrons. The number of hydrogen-bond acceptors (Lipinski definition) is 5. The lowest BCUT2D eigenvalue weighted by atomic mass is 9.95. The van der Waals surface area contributed by atoms with Gasteiger partial charge in [0.2, 0.25) is 5.28 Å². The molecule has 19 heavy (non-hydrogen) atoms. The van der Waals surface area contributed by atoms with E-state index in [0.29, 0.717) is 11.6 Å². The third-order valence-electron chi connectivity index (χ3n) is 3.60. The predicted molar refractivity (Wildman–Crippen MR) is 73.3 cm³/mol. The van der Waals surface area contributed by atoms with Crippen molar-refractivity contribution in [3.05, 3.63) is 11.6 Å². The van der Waals surface area contributed by atoms with Crippen molar-refractivity contribution >= 4 is 28.6 Å². The maximum Gasteiger partial charge on any atom is 0.226 e. The number of nitrogens with one attached hydrogen (secondary N) is 1. The summed E-state index contributed by atoms with van der Waals surface area (Å²) in [7, 11) is 0. The first-order valence-electron chi connectivity index (χ1n) is 6.50. The van der Waals surface area contributed by atoms with Crippen molar-refractivity contribution in [2.45, 2.75) is 19.3 Å². The van der Waals surface area contributed by atoms with E-state index < -0.39 is 0 Å². The third-order valence-corrected chi connectivity index (χ3v) is 3.76. The molecule has 2 aromatic heterocycles. The van der Waals surface area contributed by atoms with Crippen molar-refractivity contribution < 1.29 is 5.11 Å². The molecule has 1 aliphatic rings. The molecule has 0 aliphatic carbocycles. The molecular weight excluding hydrogens is 266 g/mol. The van der Waals surface area contributed by atoms with E-state index in [-0.39, 0.29) is 11.9 Å². The molecule has 7 heteroatoms. The van der Waals surface area contributed by atoms with Gasteiger partial charge in [-0.1, -0.05) is 0 Å². The Hall–Kier alpha value is -1.40. The zero-order valence-corrected chi connectivity index (χ0v) is 11.3. The number of aromatic nitrogens is 4. The standard InChI is InChI=1S/C12H16ClN5O/c13-12-16-10-9(14-7-15-10)11(17-12)18-4-1-2-8(6-18)3-5-19/h7-8,19H,1-6H2,(H,14,15,16,17). The summed E-state index contributed by atoms with van der Waals surface area (Å²) in [6, 6.07) is 0. The monoisotopic (exact) mass is 281 g/mol. The Bertz CT molecular complexity index is 570. The van der Waals surface area contributed by atoms with Crippen molar-refractivity contribution in [1.82, 2.24) is 19.9 Å². The van der Waals surface area contributed by atoms with E-state index in [1.807, 2.05) is 0 Å². The van der Waals surface area contributed by atoms with Crippen LogP contribution in [0, 0.1) is 5.92 Å². The highest BCUT2D eigenvalue weighted by molar-refractivity contribution is 6.28. The summed E-state index contributed by atoms with van der Waals surface area (Å²) < 4.78 is 0. The number of rotatable bonds is 3. The van der Waals surface area contributed by atoms with Crippen LogP contribution in [0.25, 0.3) is 11.2 Å². The highest BCUT2D eigenvalue weighted by Crippen LogP contribution is 2.28. The second-order valence-electron chi connectivity index (χ2n) is 4.88. The zero-order chi connectivity index (χ0) is 13.2. The van der Waals surface area contributed by atoms with Gasteiger partial charge in [-0.15, -0.1) is 0 Å². The summed E-state index contributed by atoms with van der Waals surface area (Å²) in [6.07, 6.45) is 4.69. The van der Waals surface area contributed by atoms with Gasteiger partial charge in [0.15, 0.2) is 11.5 Å². The Morgan fingerprint density at radius 2 is 2.37 bits per heavy atom. The maximum absolute atomic E-state index is 9.08. The van der Waals surface area contributed by atoms with Crippen LogP contribution in [0.15, 0.2) is 6.33 Å². The zero-order valence-electron chi connectivity index (χ0n) is 10.5. The van der Waals surface area contributed by atoms with Gasteiger partial charge in [-0.05, 0) is 36.8 Å². The Kier molecular flexibility index (Phi) is 3.52. The van der Waals surface area contributed by atoms with Crippen LogP contribution in [0.2, 0.25) is 5.28 Å². The highest BCUT2D eigenvalue weighted by atomic mass is 35.5. The summed E-state index contributed by atoms with van der Waals surface area (Å²) in [5, 5.41) is 9.30. The Morgan fingerprint density at radius 1 is 1.47 bits per heavy atom. The van der Waals surface area contributed by atoms with E-state index in [9.17, 15) is 0 Å². The first-order valence-corrected chi connectivity index (χ1v) is 6.88. The van der Waals surface area contributed by atoms with Crippen LogP contribution >= 0.6 is 11.6 Å². The molecule has 1 unspecified atom stereocenters. The molecule has 1 saturated heterocycles. The van der Waals surface area contributed by atoms with Crippen LogP contribution in [-0.4, -0.2) is 44.7 Å². The van der Waals surface area contributed by atoms with Gasteiger partial charge in [0.25, 0.3) is 0 Å². The van der Waals surface area contributed by atoms with Crippen LogP contribution in [0.5, 0.6) is 0 Å². The van der Waals surface area contributed by atoms with Gasteiger partial charge in [0.1, 0.15) is 5.52 Å². The fourth-order valence-corrected chi connectivity index (χ4v) is 2.86. The van der Waals surface area contributed by atoms with Crippen LogP contribution in [0.3, 0.4) is 0 Å². The first-order chi connectivity index (χ1) is 9.28. The summed E-state index contributed by atoms with van der Waals surface area (Å²) >= 11 is 5.95. The minimum absolute atomic E-state index is 0.221. The largest absolute Gasteiger partial charge is 0.396 e. The molecular formula is C12H16ClN5O. The molecule has 3 heterocycles. The lowest BCUT2D eigenvalue weighted by Crippen LogP contribution is -2.36. The van der Waals surface area contributed by atoms with Gasteiger partial charge in [0, 0.05) is 19.7 Å². The first kappa shape index (κ1) is 12.6. The fraction of sp³-hybridized carbons (Fsp3) is 0.583. The molecule has 3 rings (SSSR count). The number of hydrogen-bond donors (Lipinski definition) is 2. The molecule has 1 aliphatic heterocycles. The Balaban J connectivity index is 1.92. The normalized spacial score (nSPS) is 20.1. The van der Waals surface area contributed by atoms with E-state index in [2.05, 4.69) is 24.8 Å². The van der Waals surface area contributed by atoms with Crippen molar-refractivity contribution in [1.29, 1.82) is 0 Å². The number of fused-ring (bicyclic) bond motifs is 1. The van der Waals surface area contributed by atoms with E-state index in [1.165, 1.54) is 0 Å². The number of halogens is 1. The molecule has 0 spiro atoms. The molecule has 0 radical (unpaired) electrons. The van der Waals surface area contributed by atoms with E-state index in [4.69, 9.17) is 16.7 Å². The van der Waals surface area contributed by atoms with Crippen molar-refractivity contribution in [2.24, 2.45) is 5.92 Å². The number of nitrogens with zero attached hydrogens (tertiary/aromatic N) is 4. The molecule has 0 bridgehead atoms. The smallest absolute Gasteiger partial charge is 0.226 e. The maximum atomic E-state index is 9.08. The average Bonchev–Trinajstić information content (AvgIpc) is 2.86. The minimum Gasteiger partial charge on any atom is -0.396 e. The molecule has 0 aromatic carbocycles.